The maximum absolute atomic E-state index is 13.3. The van der Waals surface area contributed by atoms with Crippen molar-refractivity contribution in [2.45, 2.75) is 24.7 Å². The second-order valence-electron chi connectivity index (χ2n) is 9.25. The molecule has 0 aliphatic carbocycles. The number of carbonyl (C=O) groups excluding carboxylic acids is 2. The van der Waals surface area contributed by atoms with Gasteiger partial charge in [-0.25, -0.2) is 4.90 Å². The van der Waals surface area contributed by atoms with Crippen LogP contribution in [0.25, 0.3) is 0 Å². The Balaban J connectivity index is 1.32. The molecule has 0 spiro atoms. The van der Waals surface area contributed by atoms with Gasteiger partial charge in [-0.2, -0.15) is 13.2 Å². The Hall–Kier alpha value is -3.20. The lowest BCUT2D eigenvalue weighted by Crippen LogP contribution is -2.53. The first-order valence-electron chi connectivity index (χ1n) is 12.1. The minimum atomic E-state index is -4.69. The lowest BCUT2D eigenvalue weighted by molar-refractivity contribution is -0.137. The van der Waals surface area contributed by atoms with Gasteiger partial charge in [0.1, 0.15) is 0 Å². The summed E-state index contributed by atoms with van der Waals surface area (Å²) in [7, 11) is 0. The van der Waals surface area contributed by atoms with Crippen molar-refractivity contribution in [3.63, 3.8) is 0 Å². The lowest BCUT2D eigenvalue weighted by Gasteiger charge is -2.41. The van der Waals surface area contributed by atoms with Gasteiger partial charge in [-0.05, 0) is 29.3 Å². The number of amides is 2. The van der Waals surface area contributed by atoms with Gasteiger partial charge in [0.25, 0.3) is 5.91 Å². The van der Waals surface area contributed by atoms with Crippen LogP contribution in [0.3, 0.4) is 0 Å². The Morgan fingerprint density at radius 3 is 1.92 bits per heavy atom. The van der Waals surface area contributed by atoms with E-state index in [0.29, 0.717) is 26.2 Å². The number of nitrogens with zero attached hydrogens (tertiary/aromatic N) is 3. The summed E-state index contributed by atoms with van der Waals surface area (Å²) in [4.78, 5) is 31.2. The molecule has 0 unspecified atom stereocenters. The van der Waals surface area contributed by atoms with Crippen molar-refractivity contribution in [1.29, 1.82) is 0 Å². The van der Waals surface area contributed by atoms with Gasteiger partial charge in [-0.3, -0.25) is 19.4 Å². The van der Waals surface area contributed by atoms with Crippen molar-refractivity contribution >= 4 is 29.1 Å². The maximum Gasteiger partial charge on any atom is 0.417 e. The Morgan fingerprint density at radius 1 is 0.811 bits per heavy atom. The van der Waals surface area contributed by atoms with Crippen LogP contribution < -0.4 is 4.90 Å². The fourth-order valence-corrected chi connectivity index (χ4v) is 5.46. The van der Waals surface area contributed by atoms with Crippen molar-refractivity contribution < 1.29 is 22.8 Å². The summed E-state index contributed by atoms with van der Waals surface area (Å²) in [5.74, 6) is -1.02. The molecule has 2 aliphatic rings. The summed E-state index contributed by atoms with van der Waals surface area (Å²) in [6.07, 6.45) is -4.76. The van der Waals surface area contributed by atoms with E-state index in [-0.39, 0.29) is 18.2 Å². The normalized spacial score (nSPS) is 19.7. The van der Waals surface area contributed by atoms with E-state index in [4.69, 9.17) is 11.6 Å². The molecule has 5 rings (SSSR count). The van der Waals surface area contributed by atoms with Crippen molar-refractivity contribution in [1.82, 2.24) is 9.80 Å². The lowest BCUT2D eigenvalue weighted by atomic mass is 9.96. The fraction of sp³-hybridized carbons (Fsp3) is 0.286. The van der Waals surface area contributed by atoms with Crippen molar-refractivity contribution in [3.8, 4) is 0 Å². The average Bonchev–Trinajstić information content (AvgIpc) is 3.19. The van der Waals surface area contributed by atoms with Crippen LogP contribution in [0.2, 0.25) is 5.02 Å². The summed E-state index contributed by atoms with van der Waals surface area (Å²) in [5, 5.41) is -0.477. The SMILES string of the molecule is O=C1C[C@H](N2CCN(C(c3ccccc3)c3ccccc3)CC2)C(=O)N1c1ccc(Cl)c(C(F)(F)F)c1. The molecule has 0 aromatic heterocycles. The van der Waals surface area contributed by atoms with Crippen LogP contribution in [-0.2, 0) is 15.8 Å². The largest absolute Gasteiger partial charge is 0.417 e. The van der Waals surface area contributed by atoms with Gasteiger partial charge in [0.05, 0.1) is 34.8 Å². The number of benzene rings is 3. The predicted molar refractivity (Wildman–Crippen MR) is 135 cm³/mol. The summed E-state index contributed by atoms with van der Waals surface area (Å²) >= 11 is 5.72. The highest BCUT2D eigenvalue weighted by Gasteiger charge is 2.44. The van der Waals surface area contributed by atoms with Gasteiger partial charge >= 0.3 is 6.18 Å². The predicted octanol–water partition coefficient (Wildman–Crippen LogP) is 5.40. The molecule has 37 heavy (non-hydrogen) atoms. The zero-order chi connectivity index (χ0) is 26.2. The molecule has 5 nitrogen and oxygen atoms in total. The van der Waals surface area contributed by atoms with E-state index in [2.05, 4.69) is 29.2 Å². The highest BCUT2D eigenvalue weighted by Crippen LogP contribution is 2.38. The van der Waals surface area contributed by atoms with Gasteiger partial charge < -0.3 is 0 Å². The number of imide groups is 1. The van der Waals surface area contributed by atoms with Crippen LogP contribution in [0.1, 0.15) is 29.2 Å². The molecule has 3 aromatic rings. The Morgan fingerprint density at radius 2 is 1.38 bits per heavy atom. The molecule has 2 heterocycles. The Kier molecular flexibility index (Phi) is 7.07. The van der Waals surface area contributed by atoms with Gasteiger partial charge in [0.2, 0.25) is 5.91 Å². The molecule has 2 amide bonds. The van der Waals surface area contributed by atoms with E-state index < -0.39 is 34.6 Å². The quantitative estimate of drug-likeness (QED) is 0.417. The molecular weight excluding hydrogens is 503 g/mol. The van der Waals surface area contributed by atoms with E-state index in [0.717, 1.165) is 17.0 Å². The van der Waals surface area contributed by atoms with Crippen LogP contribution >= 0.6 is 11.6 Å². The Labute approximate surface area is 218 Å². The first kappa shape index (κ1) is 25.4. The number of rotatable bonds is 5. The molecule has 192 valence electrons. The zero-order valence-electron chi connectivity index (χ0n) is 19.9. The third-order valence-electron chi connectivity index (χ3n) is 7.02. The number of hydrogen-bond donors (Lipinski definition) is 0. The second kappa shape index (κ2) is 10.3. The Bertz CT molecular complexity index is 1240. The number of piperazine rings is 1. The van der Waals surface area contributed by atoms with E-state index in [1.165, 1.54) is 17.2 Å². The fourth-order valence-electron chi connectivity index (χ4n) is 5.23. The highest BCUT2D eigenvalue weighted by molar-refractivity contribution is 6.31. The summed E-state index contributed by atoms with van der Waals surface area (Å²) in [6, 6.07) is 22.9. The average molecular weight is 528 g/mol. The van der Waals surface area contributed by atoms with E-state index in [1.54, 1.807) is 0 Å². The van der Waals surface area contributed by atoms with Crippen molar-refractivity contribution in [2.75, 3.05) is 31.1 Å². The molecule has 0 bridgehead atoms. The molecule has 3 aromatic carbocycles. The summed E-state index contributed by atoms with van der Waals surface area (Å²) < 4.78 is 40.0. The third-order valence-corrected chi connectivity index (χ3v) is 7.35. The molecule has 0 saturated carbocycles. The molecular formula is C28H25ClF3N3O2. The van der Waals surface area contributed by atoms with Crippen molar-refractivity contribution in [2.24, 2.45) is 0 Å². The van der Waals surface area contributed by atoms with Crippen LogP contribution in [0.5, 0.6) is 0 Å². The number of alkyl halides is 3. The van der Waals surface area contributed by atoms with E-state index in [1.807, 2.05) is 41.3 Å². The third kappa shape index (κ3) is 5.14. The van der Waals surface area contributed by atoms with Gasteiger partial charge in [0, 0.05) is 26.2 Å². The molecule has 2 saturated heterocycles. The molecule has 1 atom stereocenters. The van der Waals surface area contributed by atoms with Crippen LogP contribution in [0.4, 0.5) is 18.9 Å². The maximum atomic E-state index is 13.3. The topological polar surface area (TPSA) is 43.9 Å². The minimum Gasteiger partial charge on any atom is -0.290 e. The minimum absolute atomic E-state index is 0.0526. The first-order chi connectivity index (χ1) is 17.7. The monoisotopic (exact) mass is 527 g/mol. The van der Waals surface area contributed by atoms with Gasteiger partial charge in [-0.15, -0.1) is 0 Å². The van der Waals surface area contributed by atoms with Crippen LogP contribution in [0, 0.1) is 0 Å². The van der Waals surface area contributed by atoms with Crippen LogP contribution in [-0.4, -0.2) is 53.8 Å². The number of anilines is 1. The zero-order valence-corrected chi connectivity index (χ0v) is 20.6. The number of halogens is 4. The molecule has 0 radical (unpaired) electrons. The van der Waals surface area contributed by atoms with E-state index in [9.17, 15) is 22.8 Å². The van der Waals surface area contributed by atoms with Crippen molar-refractivity contribution in [3.05, 3.63) is 101 Å². The smallest absolute Gasteiger partial charge is 0.290 e. The standard InChI is InChI=1S/C28H25ClF3N3O2/c29-23-12-11-21(17-22(23)28(30,31)32)35-25(36)18-24(27(35)37)33-13-15-34(16-14-33)26(19-7-3-1-4-8-19)20-9-5-2-6-10-20/h1-12,17,24,26H,13-16,18H2/t24-/m0/s1. The molecule has 2 aliphatic heterocycles. The molecule has 0 N–H and O–H groups in total. The number of carbonyl (C=O) groups is 2. The summed E-state index contributed by atoms with van der Waals surface area (Å²) in [6.45, 7) is 2.46. The van der Waals surface area contributed by atoms with Gasteiger partial charge in [0.15, 0.2) is 0 Å². The number of hydrogen-bond acceptors (Lipinski definition) is 4. The molecule has 9 heteroatoms. The van der Waals surface area contributed by atoms with Crippen LogP contribution in [0.15, 0.2) is 78.9 Å². The second-order valence-corrected chi connectivity index (χ2v) is 9.65. The van der Waals surface area contributed by atoms with E-state index >= 15 is 0 Å². The molecule has 2 fully saturated rings. The summed E-state index contributed by atoms with van der Waals surface area (Å²) in [5.41, 5.74) is 1.16. The highest BCUT2D eigenvalue weighted by atomic mass is 35.5. The first-order valence-corrected chi connectivity index (χ1v) is 12.4. The van der Waals surface area contributed by atoms with Gasteiger partial charge in [-0.1, -0.05) is 72.3 Å².